The molecule has 0 saturated heterocycles. The summed E-state index contributed by atoms with van der Waals surface area (Å²) in [4.78, 5) is 0. The van der Waals surface area contributed by atoms with Crippen molar-refractivity contribution in [2.45, 2.75) is 45.4 Å². The third kappa shape index (κ3) is 1.49. The van der Waals surface area contributed by atoms with Crippen LogP contribution in [0.2, 0.25) is 0 Å². The first-order valence-electron chi connectivity index (χ1n) is 5.72. The SMILES string of the molecule is CC(C)(C)C1(c2ccccc2F)CCC1. The number of rotatable bonds is 1. The van der Waals surface area contributed by atoms with Gasteiger partial charge in [-0.1, -0.05) is 45.4 Å². The molecule has 0 nitrogen and oxygen atoms in total. The molecule has 1 aliphatic carbocycles. The van der Waals surface area contributed by atoms with Crippen LogP contribution < -0.4 is 0 Å². The Morgan fingerprint density at radius 2 is 1.73 bits per heavy atom. The summed E-state index contributed by atoms with van der Waals surface area (Å²) in [5, 5.41) is 0. The normalized spacial score (nSPS) is 19.7. The highest BCUT2D eigenvalue weighted by molar-refractivity contribution is 5.32. The van der Waals surface area contributed by atoms with Crippen LogP contribution in [0.5, 0.6) is 0 Å². The van der Waals surface area contributed by atoms with Crippen LogP contribution in [0.1, 0.15) is 45.6 Å². The zero-order chi connectivity index (χ0) is 11.1. The topological polar surface area (TPSA) is 0 Å². The first-order valence-corrected chi connectivity index (χ1v) is 5.72. The van der Waals surface area contributed by atoms with Crippen molar-refractivity contribution >= 4 is 0 Å². The lowest BCUT2D eigenvalue weighted by atomic mass is 9.52. The van der Waals surface area contributed by atoms with Crippen molar-refractivity contribution in [1.82, 2.24) is 0 Å². The molecule has 0 aliphatic heterocycles. The van der Waals surface area contributed by atoms with E-state index in [-0.39, 0.29) is 16.6 Å². The molecule has 15 heavy (non-hydrogen) atoms. The lowest BCUT2D eigenvalue weighted by molar-refractivity contribution is 0.0812. The second-order valence-corrected chi connectivity index (χ2v) is 5.67. The second-order valence-electron chi connectivity index (χ2n) is 5.67. The van der Waals surface area contributed by atoms with E-state index in [4.69, 9.17) is 0 Å². The maximum Gasteiger partial charge on any atom is 0.126 e. The fraction of sp³-hybridized carbons (Fsp3) is 0.571. The van der Waals surface area contributed by atoms with Crippen LogP contribution in [0.4, 0.5) is 4.39 Å². The van der Waals surface area contributed by atoms with Crippen LogP contribution in [-0.4, -0.2) is 0 Å². The zero-order valence-corrected chi connectivity index (χ0v) is 9.81. The van der Waals surface area contributed by atoms with Crippen LogP contribution in [-0.2, 0) is 5.41 Å². The van der Waals surface area contributed by atoms with Gasteiger partial charge in [0, 0.05) is 5.41 Å². The number of benzene rings is 1. The summed E-state index contributed by atoms with van der Waals surface area (Å²) in [7, 11) is 0. The first kappa shape index (κ1) is 10.7. The Balaban J connectivity index is 2.48. The molecule has 2 rings (SSSR count). The van der Waals surface area contributed by atoms with Crippen molar-refractivity contribution in [3.8, 4) is 0 Å². The Kier molecular flexibility index (Phi) is 2.37. The third-order valence-corrected chi connectivity index (χ3v) is 4.03. The number of halogens is 1. The maximum absolute atomic E-state index is 13.8. The van der Waals surface area contributed by atoms with Crippen molar-refractivity contribution in [2.75, 3.05) is 0 Å². The molecule has 0 radical (unpaired) electrons. The lowest BCUT2D eigenvalue weighted by Gasteiger charge is -2.52. The van der Waals surface area contributed by atoms with E-state index in [9.17, 15) is 4.39 Å². The van der Waals surface area contributed by atoms with Crippen LogP contribution in [0.3, 0.4) is 0 Å². The van der Waals surface area contributed by atoms with Crippen molar-refractivity contribution in [1.29, 1.82) is 0 Å². The molecule has 1 heteroatoms. The molecule has 1 aromatic carbocycles. The van der Waals surface area contributed by atoms with Gasteiger partial charge < -0.3 is 0 Å². The van der Waals surface area contributed by atoms with Gasteiger partial charge in [0.15, 0.2) is 0 Å². The highest BCUT2D eigenvalue weighted by Crippen LogP contribution is 2.55. The average molecular weight is 206 g/mol. The van der Waals surface area contributed by atoms with Gasteiger partial charge in [0.05, 0.1) is 0 Å². The van der Waals surface area contributed by atoms with Gasteiger partial charge in [-0.3, -0.25) is 0 Å². The van der Waals surface area contributed by atoms with Gasteiger partial charge >= 0.3 is 0 Å². The van der Waals surface area contributed by atoms with Gasteiger partial charge in [-0.05, 0) is 29.9 Å². The Hall–Kier alpha value is -0.850. The van der Waals surface area contributed by atoms with E-state index in [1.807, 2.05) is 12.1 Å². The summed E-state index contributed by atoms with van der Waals surface area (Å²) in [6.45, 7) is 6.66. The molecular formula is C14H19F. The van der Waals surface area contributed by atoms with Gasteiger partial charge in [0.2, 0.25) is 0 Å². The third-order valence-electron chi connectivity index (χ3n) is 4.03. The summed E-state index contributed by atoms with van der Waals surface area (Å²) in [5.41, 5.74) is 1.13. The molecule has 1 aliphatic rings. The van der Waals surface area contributed by atoms with Crippen LogP contribution in [0, 0.1) is 11.2 Å². The summed E-state index contributed by atoms with van der Waals surface area (Å²) in [6, 6.07) is 7.26. The Morgan fingerprint density at radius 3 is 2.13 bits per heavy atom. The van der Waals surface area contributed by atoms with E-state index >= 15 is 0 Å². The minimum absolute atomic E-state index is 0.0351. The molecule has 0 unspecified atom stereocenters. The summed E-state index contributed by atoms with van der Waals surface area (Å²) in [6.07, 6.45) is 3.47. The van der Waals surface area contributed by atoms with Crippen molar-refractivity contribution < 1.29 is 4.39 Å². The number of hydrogen-bond acceptors (Lipinski definition) is 0. The predicted octanol–water partition coefficient (Wildman–Crippen LogP) is 4.29. The van der Waals surface area contributed by atoms with Gasteiger partial charge in [-0.15, -0.1) is 0 Å². The molecule has 1 aromatic rings. The van der Waals surface area contributed by atoms with Gasteiger partial charge in [-0.2, -0.15) is 0 Å². The largest absolute Gasteiger partial charge is 0.207 e. The molecule has 0 aromatic heterocycles. The highest BCUT2D eigenvalue weighted by atomic mass is 19.1. The van der Waals surface area contributed by atoms with E-state index in [0.717, 1.165) is 18.4 Å². The van der Waals surface area contributed by atoms with Crippen LogP contribution in [0.25, 0.3) is 0 Å². The molecule has 0 bridgehead atoms. The molecular weight excluding hydrogens is 187 g/mol. The zero-order valence-electron chi connectivity index (χ0n) is 9.81. The molecule has 0 amide bonds. The van der Waals surface area contributed by atoms with Gasteiger partial charge in [0.25, 0.3) is 0 Å². The fourth-order valence-electron chi connectivity index (χ4n) is 2.80. The van der Waals surface area contributed by atoms with Crippen molar-refractivity contribution in [3.63, 3.8) is 0 Å². The van der Waals surface area contributed by atoms with Crippen molar-refractivity contribution in [2.24, 2.45) is 5.41 Å². The highest BCUT2D eigenvalue weighted by Gasteiger charge is 2.48. The predicted molar refractivity (Wildman–Crippen MR) is 61.4 cm³/mol. The van der Waals surface area contributed by atoms with Crippen molar-refractivity contribution in [3.05, 3.63) is 35.6 Å². The monoisotopic (exact) mass is 206 g/mol. The summed E-state index contributed by atoms with van der Waals surface area (Å²) in [5.74, 6) is -0.0351. The summed E-state index contributed by atoms with van der Waals surface area (Å²) < 4.78 is 13.8. The molecule has 82 valence electrons. The van der Waals surface area contributed by atoms with E-state index in [1.165, 1.54) is 6.42 Å². The summed E-state index contributed by atoms with van der Waals surface area (Å²) >= 11 is 0. The van der Waals surface area contributed by atoms with Crippen LogP contribution in [0.15, 0.2) is 24.3 Å². The smallest absolute Gasteiger partial charge is 0.126 e. The molecule has 0 spiro atoms. The first-order chi connectivity index (χ1) is 6.97. The van der Waals surface area contributed by atoms with Gasteiger partial charge in [-0.25, -0.2) is 4.39 Å². The lowest BCUT2D eigenvalue weighted by Crippen LogP contribution is -2.46. The van der Waals surface area contributed by atoms with E-state index in [1.54, 1.807) is 12.1 Å². The molecule has 0 heterocycles. The standard InChI is InChI=1S/C14H19F/c1-13(2,3)14(9-6-10-14)11-7-4-5-8-12(11)15/h4-5,7-8H,6,9-10H2,1-3H3. The minimum Gasteiger partial charge on any atom is -0.207 e. The number of hydrogen-bond donors (Lipinski definition) is 0. The van der Waals surface area contributed by atoms with E-state index < -0.39 is 0 Å². The van der Waals surface area contributed by atoms with Gasteiger partial charge in [0.1, 0.15) is 5.82 Å². The Morgan fingerprint density at radius 1 is 1.13 bits per heavy atom. The van der Waals surface area contributed by atoms with E-state index in [0.29, 0.717) is 0 Å². The van der Waals surface area contributed by atoms with Crippen LogP contribution >= 0.6 is 0 Å². The fourth-order valence-corrected chi connectivity index (χ4v) is 2.80. The molecule has 1 fully saturated rings. The van der Waals surface area contributed by atoms with E-state index in [2.05, 4.69) is 20.8 Å². The average Bonchev–Trinajstić information content (AvgIpc) is 2.03. The minimum atomic E-state index is -0.0351. The quantitative estimate of drug-likeness (QED) is 0.643. The molecule has 1 saturated carbocycles. The Bertz CT molecular complexity index is 356. The molecule has 0 atom stereocenters. The maximum atomic E-state index is 13.8. The Labute approximate surface area is 91.5 Å². The molecule has 0 N–H and O–H groups in total. The second kappa shape index (κ2) is 3.33.